The molecule has 0 radical (unpaired) electrons. The molecule has 0 amide bonds. The minimum atomic E-state index is -4.53. The Kier molecular flexibility index (Phi) is 4.82. The van der Waals surface area contributed by atoms with E-state index in [1.54, 1.807) is 6.07 Å². The Morgan fingerprint density at radius 3 is 2.46 bits per heavy atom. The number of Topliss-reactive ketones (excluding diaryl/α,β-unsaturated/α-hetero) is 1. The number of pyridine rings is 1. The number of nitriles is 1. The van der Waals surface area contributed by atoms with Crippen molar-refractivity contribution in [2.24, 2.45) is 0 Å². The fourth-order valence-corrected chi connectivity index (χ4v) is 3.07. The molecule has 0 aliphatic rings. The Labute approximate surface area is 150 Å². The molecule has 1 aromatic carbocycles. The topological polar surface area (TPSA) is 66.6 Å². The summed E-state index contributed by atoms with van der Waals surface area (Å²) in [7, 11) is 0. The van der Waals surface area contributed by atoms with Crippen LogP contribution in [0.25, 0.3) is 10.6 Å². The van der Waals surface area contributed by atoms with Gasteiger partial charge in [-0.1, -0.05) is 30.3 Å². The molecular formula is C18H10F3N3OS. The molecule has 2 aromatic heterocycles. The van der Waals surface area contributed by atoms with Gasteiger partial charge < -0.3 is 0 Å². The maximum absolute atomic E-state index is 12.6. The Hall–Kier alpha value is -3.05. The van der Waals surface area contributed by atoms with E-state index in [9.17, 15) is 23.2 Å². The van der Waals surface area contributed by atoms with Gasteiger partial charge in [-0.15, -0.1) is 11.3 Å². The van der Waals surface area contributed by atoms with E-state index in [0.717, 1.165) is 17.7 Å². The van der Waals surface area contributed by atoms with Gasteiger partial charge in [0.15, 0.2) is 5.92 Å². The van der Waals surface area contributed by atoms with Crippen molar-refractivity contribution in [1.29, 1.82) is 5.26 Å². The fraction of sp³-hybridized carbons (Fsp3) is 0.111. The minimum Gasteiger partial charge on any atom is -0.290 e. The number of hydrogen-bond acceptors (Lipinski definition) is 5. The Bertz CT molecular complexity index is 960. The van der Waals surface area contributed by atoms with Crippen LogP contribution in [0.4, 0.5) is 13.2 Å². The van der Waals surface area contributed by atoms with Gasteiger partial charge >= 0.3 is 6.18 Å². The van der Waals surface area contributed by atoms with Gasteiger partial charge in [-0.3, -0.25) is 9.78 Å². The second kappa shape index (κ2) is 7.06. The van der Waals surface area contributed by atoms with Crippen LogP contribution in [0.1, 0.15) is 27.7 Å². The van der Waals surface area contributed by atoms with Crippen LogP contribution in [-0.2, 0) is 6.18 Å². The van der Waals surface area contributed by atoms with Crippen LogP contribution in [0.5, 0.6) is 0 Å². The summed E-state index contributed by atoms with van der Waals surface area (Å²) in [5, 5.41) is 11.5. The van der Waals surface area contributed by atoms with E-state index in [2.05, 4.69) is 9.97 Å². The molecule has 0 N–H and O–H groups in total. The first-order valence-corrected chi connectivity index (χ1v) is 8.26. The van der Waals surface area contributed by atoms with E-state index in [1.807, 2.05) is 30.3 Å². The predicted octanol–water partition coefficient (Wildman–Crippen LogP) is 4.71. The molecule has 1 unspecified atom stereocenters. The third kappa shape index (κ3) is 3.63. The van der Waals surface area contributed by atoms with Crippen LogP contribution >= 0.6 is 11.3 Å². The lowest BCUT2D eigenvalue weighted by atomic mass is 9.99. The molecule has 130 valence electrons. The van der Waals surface area contributed by atoms with Gasteiger partial charge in [0, 0.05) is 17.1 Å². The number of nitrogens with zero attached hydrogens (tertiary/aromatic N) is 3. The summed E-state index contributed by atoms with van der Waals surface area (Å²) >= 11 is 1.25. The monoisotopic (exact) mass is 373 g/mol. The highest BCUT2D eigenvalue weighted by atomic mass is 32.1. The first-order valence-electron chi connectivity index (χ1n) is 7.38. The molecule has 0 fully saturated rings. The molecule has 0 aliphatic carbocycles. The molecule has 0 bridgehead atoms. The van der Waals surface area contributed by atoms with E-state index in [0.29, 0.717) is 11.2 Å². The highest BCUT2D eigenvalue weighted by Crippen LogP contribution is 2.30. The zero-order valence-electron chi connectivity index (χ0n) is 13.1. The van der Waals surface area contributed by atoms with Gasteiger partial charge in [-0.05, 0) is 12.1 Å². The van der Waals surface area contributed by atoms with Gasteiger partial charge in [-0.2, -0.15) is 18.4 Å². The maximum Gasteiger partial charge on any atom is 0.417 e. The van der Waals surface area contributed by atoms with Crippen molar-refractivity contribution < 1.29 is 18.0 Å². The molecule has 0 aliphatic heterocycles. The zero-order valence-corrected chi connectivity index (χ0v) is 13.9. The van der Waals surface area contributed by atoms with Gasteiger partial charge in [-0.25, -0.2) is 4.98 Å². The van der Waals surface area contributed by atoms with Gasteiger partial charge in [0.2, 0.25) is 5.78 Å². The van der Waals surface area contributed by atoms with E-state index >= 15 is 0 Å². The van der Waals surface area contributed by atoms with E-state index in [4.69, 9.17) is 0 Å². The lowest BCUT2D eigenvalue weighted by Gasteiger charge is -2.09. The summed E-state index contributed by atoms with van der Waals surface area (Å²) in [6, 6.07) is 12.8. The number of ketones is 1. The molecule has 3 rings (SSSR count). The molecule has 8 heteroatoms. The number of thiazole rings is 1. The lowest BCUT2D eigenvalue weighted by molar-refractivity contribution is -0.137. The van der Waals surface area contributed by atoms with Crippen molar-refractivity contribution in [3.63, 3.8) is 0 Å². The van der Waals surface area contributed by atoms with Crippen LogP contribution in [0.2, 0.25) is 0 Å². The normalized spacial score (nSPS) is 12.4. The number of aromatic nitrogens is 2. The number of halogens is 3. The van der Waals surface area contributed by atoms with E-state index < -0.39 is 23.4 Å². The Morgan fingerprint density at radius 2 is 1.88 bits per heavy atom. The molecule has 0 spiro atoms. The predicted molar refractivity (Wildman–Crippen MR) is 89.5 cm³/mol. The third-order valence-electron chi connectivity index (χ3n) is 3.58. The van der Waals surface area contributed by atoms with Gasteiger partial charge in [0.25, 0.3) is 0 Å². The van der Waals surface area contributed by atoms with Crippen molar-refractivity contribution in [2.75, 3.05) is 0 Å². The second-order valence-corrected chi connectivity index (χ2v) is 6.16. The van der Waals surface area contributed by atoms with Gasteiger partial charge in [0.05, 0.1) is 17.3 Å². The van der Waals surface area contributed by atoms with Crippen LogP contribution in [-0.4, -0.2) is 15.8 Å². The average Bonchev–Trinajstić information content (AvgIpc) is 3.13. The summed E-state index contributed by atoms with van der Waals surface area (Å²) < 4.78 is 37.8. The maximum atomic E-state index is 12.6. The first kappa shape index (κ1) is 17.8. The lowest BCUT2D eigenvalue weighted by Crippen LogP contribution is -2.14. The van der Waals surface area contributed by atoms with Crippen molar-refractivity contribution in [3.05, 3.63) is 71.0 Å². The van der Waals surface area contributed by atoms with Crippen molar-refractivity contribution >= 4 is 17.1 Å². The molecule has 0 saturated carbocycles. The van der Waals surface area contributed by atoms with E-state index in [-0.39, 0.29) is 11.4 Å². The van der Waals surface area contributed by atoms with Crippen LogP contribution < -0.4 is 0 Å². The number of hydrogen-bond donors (Lipinski definition) is 0. The number of carbonyl (C=O) groups excluding carboxylic acids is 1. The zero-order chi connectivity index (χ0) is 18.7. The molecule has 26 heavy (non-hydrogen) atoms. The van der Waals surface area contributed by atoms with Crippen molar-refractivity contribution in [3.8, 4) is 16.6 Å². The SMILES string of the molecule is N#CC(C(=O)c1csc(-c2ccccc2)n1)c1ccc(C(F)(F)F)cn1. The summed E-state index contributed by atoms with van der Waals surface area (Å²) in [5.41, 5.74) is -0.0648. The number of benzene rings is 1. The standard InChI is InChI=1S/C18H10F3N3OS/c19-18(20,21)12-6-7-14(23-9-12)13(8-22)16(25)15-10-26-17(24-15)11-4-2-1-3-5-11/h1-7,9-10,13H. The Balaban J connectivity index is 1.86. The fourth-order valence-electron chi connectivity index (χ4n) is 2.25. The highest BCUT2D eigenvalue weighted by molar-refractivity contribution is 7.13. The summed E-state index contributed by atoms with van der Waals surface area (Å²) in [6.07, 6.45) is -3.92. The number of rotatable bonds is 4. The van der Waals surface area contributed by atoms with E-state index in [1.165, 1.54) is 16.7 Å². The smallest absolute Gasteiger partial charge is 0.290 e. The van der Waals surface area contributed by atoms with Crippen LogP contribution in [0.15, 0.2) is 54.0 Å². The van der Waals surface area contributed by atoms with Crippen molar-refractivity contribution in [2.45, 2.75) is 12.1 Å². The molecule has 3 aromatic rings. The molecule has 2 heterocycles. The van der Waals surface area contributed by atoms with Gasteiger partial charge in [0.1, 0.15) is 10.7 Å². The molecule has 4 nitrogen and oxygen atoms in total. The highest BCUT2D eigenvalue weighted by Gasteiger charge is 2.32. The van der Waals surface area contributed by atoms with Crippen LogP contribution in [0.3, 0.4) is 0 Å². The van der Waals surface area contributed by atoms with Crippen LogP contribution in [0, 0.1) is 11.3 Å². The third-order valence-corrected chi connectivity index (χ3v) is 4.47. The summed E-state index contributed by atoms with van der Waals surface area (Å²) in [5.74, 6) is -1.92. The molecule has 0 saturated heterocycles. The first-order chi connectivity index (χ1) is 12.4. The molecular weight excluding hydrogens is 363 g/mol. The average molecular weight is 373 g/mol. The summed E-state index contributed by atoms with van der Waals surface area (Å²) in [4.78, 5) is 20.4. The summed E-state index contributed by atoms with van der Waals surface area (Å²) in [6.45, 7) is 0. The van der Waals surface area contributed by atoms with Crippen molar-refractivity contribution in [1.82, 2.24) is 9.97 Å². The molecule has 1 atom stereocenters. The second-order valence-electron chi connectivity index (χ2n) is 5.30. The minimum absolute atomic E-state index is 0.0419. The quantitative estimate of drug-likeness (QED) is 0.621. The number of alkyl halides is 3. The Morgan fingerprint density at radius 1 is 1.15 bits per heavy atom. The largest absolute Gasteiger partial charge is 0.417 e. The number of carbonyl (C=O) groups is 1.